The summed E-state index contributed by atoms with van der Waals surface area (Å²) < 4.78 is 33.1. The average molecular weight is 753 g/mol. The number of aryl methyl sites for hydroxylation is 2. The van der Waals surface area contributed by atoms with Crippen LogP contribution in [0.15, 0.2) is 164 Å². The van der Waals surface area contributed by atoms with E-state index in [4.69, 9.17) is 23.7 Å². The molecule has 0 aliphatic carbocycles. The molecule has 3 N–H and O–H groups in total. The van der Waals surface area contributed by atoms with Crippen molar-refractivity contribution in [2.75, 3.05) is 7.11 Å². The van der Waals surface area contributed by atoms with Gasteiger partial charge in [-0.25, -0.2) is 0 Å². The lowest BCUT2D eigenvalue weighted by atomic mass is 9.84. The van der Waals surface area contributed by atoms with Crippen molar-refractivity contribution in [1.29, 1.82) is 0 Å². The summed E-state index contributed by atoms with van der Waals surface area (Å²) in [5.74, 6) is -1.07. The second-order valence-corrected chi connectivity index (χ2v) is 14.3. The van der Waals surface area contributed by atoms with Crippen LogP contribution in [-0.4, -0.2) is 42.1 Å². The van der Waals surface area contributed by atoms with Crippen LogP contribution in [0.3, 0.4) is 0 Å². The average Bonchev–Trinajstić information content (AvgIpc) is 3.24. The number of benzene rings is 6. The Balaban J connectivity index is 0.00000532. The van der Waals surface area contributed by atoms with Crippen LogP contribution >= 0.6 is 0 Å². The molecule has 290 valence electrons. The van der Waals surface area contributed by atoms with Crippen LogP contribution < -0.4 is 4.74 Å². The third-order valence-electron chi connectivity index (χ3n) is 10.4. The number of ether oxygens (including phenoxy) is 5. The molecule has 1 aliphatic heterocycles. The molecule has 0 spiro atoms. The predicted octanol–water partition coefficient (Wildman–Crippen LogP) is 8.70. The summed E-state index contributed by atoms with van der Waals surface area (Å²) in [4.78, 5) is 0. The minimum atomic E-state index is -1.88. The van der Waals surface area contributed by atoms with Crippen LogP contribution in [0.1, 0.15) is 50.9 Å². The minimum absolute atomic E-state index is 0. The molecule has 6 aromatic rings. The fraction of sp³-hybridized carbons (Fsp3) is 0.265. The van der Waals surface area contributed by atoms with Crippen molar-refractivity contribution in [3.63, 3.8) is 0 Å². The van der Waals surface area contributed by atoms with E-state index in [-0.39, 0.29) is 12.1 Å². The molecule has 1 heterocycles. The molecule has 5 atom stereocenters. The maximum Gasteiger partial charge on any atom is 0.222 e. The summed E-state index contributed by atoms with van der Waals surface area (Å²) >= 11 is 0. The number of hydrogen-bond acceptors (Lipinski definition) is 6. The summed E-state index contributed by atoms with van der Waals surface area (Å²) in [6.45, 7) is 3.00. The molecule has 1 unspecified atom stereocenters. The van der Waals surface area contributed by atoms with Crippen LogP contribution in [0, 0.1) is 6.92 Å². The zero-order chi connectivity index (χ0) is 37.9. The number of rotatable bonds is 16. The standard InChI is InChI=1S/C49H50O6.H2O/c1-36-23-27-43(32-42(36)31-38-24-28-44(51-2)29-25-38)49(50)48(54-35-41-21-13-6-14-22-41)47(53-34-40-19-11-5-12-20-40)46(52-33-39-17-9-4-10-18-39)45(55-49)30-26-37-15-7-3-8-16-37;/h3-25,27-29,32,45-48,50H,26,30-31,33-35H2,1-2H3;1H2/t45-,46-,47+,48-,49?;/m1./s1. The van der Waals surface area contributed by atoms with E-state index in [1.165, 1.54) is 5.56 Å². The molecule has 0 aromatic heterocycles. The molecular weight excluding hydrogens is 701 g/mol. The Labute approximate surface area is 330 Å². The first-order valence-electron chi connectivity index (χ1n) is 19.1. The Morgan fingerprint density at radius 1 is 0.571 bits per heavy atom. The highest BCUT2D eigenvalue weighted by molar-refractivity contribution is 5.39. The van der Waals surface area contributed by atoms with Crippen molar-refractivity contribution >= 4 is 0 Å². The lowest BCUT2D eigenvalue weighted by Gasteiger charge is -2.50. The fourth-order valence-corrected chi connectivity index (χ4v) is 7.31. The van der Waals surface area contributed by atoms with Crippen molar-refractivity contribution in [1.82, 2.24) is 0 Å². The van der Waals surface area contributed by atoms with Gasteiger partial charge in [0.05, 0.1) is 33.0 Å². The molecule has 1 aliphatic rings. The van der Waals surface area contributed by atoms with Gasteiger partial charge in [0, 0.05) is 5.56 Å². The highest BCUT2D eigenvalue weighted by Crippen LogP contribution is 2.43. The number of aliphatic hydroxyl groups is 1. The second kappa shape index (κ2) is 19.6. The largest absolute Gasteiger partial charge is 0.497 e. The first-order valence-corrected chi connectivity index (χ1v) is 19.1. The monoisotopic (exact) mass is 752 g/mol. The third kappa shape index (κ3) is 10.2. The lowest BCUT2D eigenvalue weighted by Crippen LogP contribution is -2.65. The van der Waals surface area contributed by atoms with Gasteiger partial charge in [-0.3, -0.25) is 0 Å². The van der Waals surface area contributed by atoms with Crippen molar-refractivity contribution in [3.8, 4) is 5.75 Å². The predicted molar refractivity (Wildman–Crippen MR) is 219 cm³/mol. The molecule has 7 heteroatoms. The van der Waals surface area contributed by atoms with Crippen molar-refractivity contribution in [2.24, 2.45) is 0 Å². The third-order valence-corrected chi connectivity index (χ3v) is 10.4. The van der Waals surface area contributed by atoms with Crippen LogP contribution in [0.25, 0.3) is 0 Å². The maximum atomic E-state index is 13.3. The van der Waals surface area contributed by atoms with E-state index in [9.17, 15) is 5.11 Å². The summed E-state index contributed by atoms with van der Waals surface area (Å²) in [7, 11) is 1.67. The molecule has 56 heavy (non-hydrogen) atoms. The molecule has 0 saturated carbocycles. The molecule has 0 bridgehead atoms. The maximum absolute atomic E-state index is 13.3. The van der Waals surface area contributed by atoms with E-state index in [2.05, 4.69) is 55.5 Å². The van der Waals surface area contributed by atoms with Gasteiger partial charge in [-0.1, -0.05) is 146 Å². The zero-order valence-corrected chi connectivity index (χ0v) is 32.1. The van der Waals surface area contributed by atoms with Gasteiger partial charge in [0.2, 0.25) is 5.79 Å². The van der Waals surface area contributed by atoms with Gasteiger partial charge < -0.3 is 34.3 Å². The van der Waals surface area contributed by atoms with Gasteiger partial charge >= 0.3 is 0 Å². The SMILES string of the molecule is COc1ccc(Cc2cc(C3(O)O[C@H](CCc4ccccc4)[C@@H](OCc4ccccc4)[C@H](OCc4ccccc4)[C@H]3OCc3ccccc3)ccc2C)cc1.O. The normalized spacial score (nSPS) is 20.6. The summed E-state index contributed by atoms with van der Waals surface area (Å²) in [5.41, 5.74) is 8.14. The summed E-state index contributed by atoms with van der Waals surface area (Å²) in [5, 5.41) is 13.3. The summed E-state index contributed by atoms with van der Waals surface area (Å²) in [6, 6.07) is 54.8. The van der Waals surface area contributed by atoms with Gasteiger partial charge in [0.25, 0.3) is 0 Å². The topological polar surface area (TPSA) is 97.9 Å². The smallest absolute Gasteiger partial charge is 0.222 e. The number of methoxy groups -OCH3 is 1. The Morgan fingerprint density at radius 2 is 1.07 bits per heavy atom. The molecule has 6 aromatic carbocycles. The van der Waals surface area contributed by atoms with E-state index in [1.54, 1.807) is 7.11 Å². The van der Waals surface area contributed by atoms with Gasteiger partial charge in [0.1, 0.15) is 24.1 Å². The quantitative estimate of drug-likeness (QED) is 0.106. The molecule has 7 rings (SSSR count). The van der Waals surface area contributed by atoms with E-state index in [1.807, 2.05) is 115 Å². The first-order chi connectivity index (χ1) is 27.0. The van der Waals surface area contributed by atoms with Gasteiger partial charge in [-0.2, -0.15) is 0 Å². The highest BCUT2D eigenvalue weighted by atomic mass is 16.7. The van der Waals surface area contributed by atoms with Crippen molar-refractivity contribution in [3.05, 3.63) is 208 Å². The highest BCUT2D eigenvalue weighted by Gasteiger charge is 2.57. The van der Waals surface area contributed by atoms with E-state index in [0.717, 1.165) is 45.6 Å². The Bertz CT molecular complexity index is 2040. The zero-order valence-electron chi connectivity index (χ0n) is 32.1. The lowest BCUT2D eigenvalue weighted by molar-refractivity contribution is -0.375. The molecule has 0 radical (unpaired) electrons. The van der Waals surface area contributed by atoms with Crippen LogP contribution in [-0.2, 0) is 57.4 Å². The van der Waals surface area contributed by atoms with Crippen molar-refractivity contribution in [2.45, 2.75) is 76.2 Å². The van der Waals surface area contributed by atoms with Crippen LogP contribution in [0.4, 0.5) is 0 Å². The number of hydrogen-bond donors (Lipinski definition) is 1. The minimum Gasteiger partial charge on any atom is -0.497 e. The molecule has 1 fully saturated rings. The Hall–Kier alpha value is -5.12. The Morgan fingerprint density at radius 3 is 1.61 bits per heavy atom. The first kappa shape index (κ1) is 40.5. The molecule has 1 saturated heterocycles. The van der Waals surface area contributed by atoms with Gasteiger partial charge in [0.15, 0.2) is 0 Å². The fourth-order valence-electron chi connectivity index (χ4n) is 7.31. The molecule has 0 amide bonds. The van der Waals surface area contributed by atoms with Crippen LogP contribution in [0.5, 0.6) is 5.75 Å². The Kier molecular flexibility index (Phi) is 14.2. The van der Waals surface area contributed by atoms with E-state index in [0.29, 0.717) is 31.6 Å². The molecular formula is C49H52O7. The molecule has 7 nitrogen and oxygen atoms in total. The second-order valence-electron chi connectivity index (χ2n) is 14.3. The summed E-state index contributed by atoms with van der Waals surface area (Å²) in [6.07, 6.45) is -0.795. The van der Waals surface area contributed by atoms with E-state index >= 15 is 0 Å². The van der Waals surface area contributed by atoms with Crippen LogP contribution in [0.2, 0.25) is 0 Å². The van der Waals surface area contributed by atoms with Gasteiger partial charge in [-0.05, 0) is 83.3 Å². The van der Waals surface area contributed by atoms with Crippen molar-refractivity contribution < 1.29 is 34.3 Å². The van der Waals surface area contributed by atoms with E-state index < -0.39 is 30.2 Å². The van der Waals surface area contributed by atoms with Gasteiger partial charge in [-0.15, -0.1) is 0 Å².